The standard InChI is InChI=1S/C15H18FN3O2/c16-11-2-1-3-12-13(11)10(7-18-12)14(20)15(21)19-5-4-9(6-17)8-19/h1-3,9-10,18H,4-8,17H2. The van der Waals surface area contributed by atoms with Crippen LogP contribution in [0.3, 0.4) is 0 Å². The molecule has 3 rings (SSSR count). The van der Waals surface area contributed by atoms with Crippen molar-refractivity contribution < 1.29 is 14.0 Å². The van der Waals surface area contributed by atoms with Crippen LogP contribution in [0.2, 0.25) is 0 Å². The second kappa shape index (κ2) is 5.44. The summed E-state index contributed by atoms with van der Waals surface area (Å²) in [6.07, 6.45) is 0.823. The van der Waals surface area contributed by atoms with Gasteiger partial charge in [0.15, 0.2) is 0 Å². The molecule has 21 heavy (non-hydrogen) atoms. The average molecular weight is 291 g/mol. The molecule has 2 aliphatic rings. The number of carbonyl (C=O) groups excluding carboxylic acids is 2. The number of amides is 1. The minimum atomic E-state index is -0.731. The summed E-state index contributed by atoms with van der Waals surface area (Å²) in [6, 6.07) is 4.62. The van der Waals surface area contributed by atoms with Crippen molar-refractivity contribution in [3.63, 3.8) is 0 Å². The van der Waals surface area contributed by atoms with Crippen molar-refractivity contribution in [2.45, 2.75) is 12.3 Å². The molecule has 2 aliphatic heterocycles. The molecule has 0 radical (unpaired) electrons. The third-order valence-corrected chi connectivity index (χ3v) is 4.33. The number of halogens is 1. The van der Waals surface area contributed by atoms with Crippen LogP contribution < -0.4 is 11.1 Å². The fourth-order valence-electron chi connectivity index (χ4n) is 3.10. The summed E-state index contributed by atoms with van der Waals surface area (Å²) in [7, 11) is 0. The number of hydrogen-bond donors (Lipinski definition) is 2. The lowest BCUT2D eigenvalue weighted by atomic mass is 9.95. The van der Waals surface area contributed by atoms with Crippen molar-refractivity contribution in [2.24, 2.45) is 11.7 Å². The highest BCUT2D eigenvalue weighted by Gasteiger charge is 2.38. The summed E-state index contributed by atoms with van der Waals surface area (Å²) in [5, 5.41) is 2.99. The fraction of sp³-hybridized carbons (Fsp3) is 0.467. The normalized spacial score (nSPS) is 23.8. The molecule has 0 saturated carbocycles. The van der Waals surface area contributed by atoms with E-state index < -0.39 is 23.4 Å². The molecule has 0 spiro atoms. The van der Waals surface area contributed by atoms with E-state index in [0.717, 1.165) is 6.42 Å². The minimum absolute atomic E-state index is 0.257. The first-order chi connectivity index (χ1) is 10.1. The monoisotopic (exact) mass is 291 g/mol. The number of likely N-dealkylation sites (tertiary alicyclic amines) is 1. The van der Waals surface area contributed by atoms with E-state index in [1.165, 1.54) is 6.07 Å². The zero-order chi connectivity index (χ0) is 15.0. The molecule has 1 amide bonds. The number of ketones is 1. The van der Waals surface area contributed by atoms with Crippen LogP contribution in [-0.4, -0.2) is 42.8 Å². The van der Waals surface area contributed by atoms with Crippen LogP contribution in [0, 0.1) is 11.7 Å². The largest absolute Gasteiger partial charge is 0.384 e. The van der Waals surface area contributed by atoms with E-state index in [1.807, 2.05) is 0 Å². The Kier molecular flexibility index (Phi) is 3.63. The highest BCUT2D eigenvalue weighted by molar-refractivity contribution is 6.38. The van der Waals surface area contributed by atoms with E-state index in [4.69, 9.17) is 5.73 Å². The first-order valence-electron chi connectivity index (χ1n) is 7.17. The van der Waals surface area contributed by atoms with Crippen molar-refractivity contribution in [3.05, 3.63) is 29.6 Å². The Labute approximate surface area is 122 Å². The molecule has 0 aliphatic carbocycles. The molecule has 2 heterocycles. The van der Waals surface area contributed by atoms with Crippen LogP contribution >= 0.6 is 0 Å². The van der Waals surface area contributed by atoms with E-state index in [0.29, 0.717) is 30.9 Å². The average Bonchev–Trinajstić information content (AvgIpc) is 3.13. The van der Waals surface area contributed by atoms with E-state index in [1.54, 1.807) is 17.0 Å². The number of nitrogens with zero attached hydrogens (tertiary/aromatic N) is 1. The molecular weight excluding hydrogens is 273 g/mol. The van der Waals surface area contributed by atoms with Gasteiger partial charge in [-0.1, -0.05) is 6.07 Å². The summed E-state index contributed by atoms with van der Waals surface area (Å²) >= 11 is 0. The summed E-state index contributed by atoms with van der Waals surface area (Å²) in [6.45, 7) is 1.86. The van der Waals surface area contributed by atoms with Gasteiger partial charge < -0.3 is 16.0 Å². The molecular formula is C15H18FN3O2. The smallest absolute Gasteiger partial charge is 0.290 e. The predicted octanol–water partition coefficient (Wildman–Crippen LogP) is 0.711. The molecule has 1 aromatic rings. The van der Waals surface area contributed by atoms with Gasteiger partial charge in [-0.2, -0.15) is 0 Å². The Balaban J connectivity index is 1.77. The highest BCUT2D eigenvalue weighted by atomic mass is 19.1. The second-order valence-corrected chi connectivity index (χ2v) is 5.64. The van der Waals surface area contributed by atoms with Gasteiger partial charge in [0.05, 0.1) is 5.92 Å². The van der Waals surface area contributed by atoms with E-state index >= 15 is 0 Å². The number of nitrogens with two attached hydrogens (primary N) is 1. The van der Waals surface area contributed by atoms with Crippen LogP contribution in [0.1, 0.15) is 17.9 Å². The number of carbonyl (C=O) groups is 2. The fourth-order valence-corrected chi connectivity index (χ4v) is 3.10. The third kappa shape index (κ3) is 2.40. The van der Waals surface area contributed by atoms with Gasteiger partial charge in [-0.3, -0.25) is 9.59 Å². The predicted molar refractivity (Wildman–Crippen MR) is 76.4 cm³/mol. The van der Waals surface area contributed by atoms with Gasteiger partial charge in [-0.15, -0.1) is 0 Å². The third-order valence-electron chi connectivity index (χ3n) is 4.33. The topological polar surface area (TPSA) is 75.4 Å². The van der Waals surface area contributed by atoms with E-state index in [2.05, 4.69) is 5.32 Å². The van der Waals surface area contributed by atoms with Crippen LogP contribution in [0.4, 0.5) is 10.1 Å². The minimum Gasteiger partial charge on any atom is -0.384 e. The lowest BCUT2D eigenvalue weighted by Crippen LogP contribution is -2.38. The van der Waals surface area contributed by atoms with E-state index in [-0.39, 0.29) is 12.5 Å². The number of rotatable bonds is 3. The molecule has 1 saturated heterocycles. The van der Waals surface area contributed by atoms with Crippen LogP contribution in [0.25, 0.3) is 0 Å². The lowest BCUT2D eigenvalue weighted by molar-refractivity contribution is -0.144. The molecule has 0 aromatic heterocycles. The van der Waals surface area contributed by atoms with Gasteiger partial charge in [0, 0.05) is 30.9 Å². The SMILES string of the molecule is NCC1CCN(C(=O)C(=O)C2CNc3cccc(F)c32)C1. The summed E-state index contributed by atoms with van der Waals surface area (Å²) in [4.78, 5) is 26.3. The van der Waals surface area contributed by atoms with E-state index in [9.17, 15) is 14.0 Å². The maximum absolute atomic E-state index is 13.9. The maximum atomic E-state index is 13.9. The molecule has 5 nitrogen and oxygen atoms in total. The Hall–Kier alpha value is -1.95. The zero-order valence-electron chi connectivity index (χ0n) is 11.6. The molecule has 6 heteroatoms. The van der Waals surface area contributed by atoms with Crippen molar-refractivity contribution >= 4 is 17.4 Å². The number of nitrogens with one attached hydrogen (secondary N) is 1. The van der Waals surface area contributed by atoms with Crippen LogP contribution in [-0.2, 0) is 9.59 Å². The molecule has 2 atom stereocenters. The molecule has 2 unspecified atom stereocenters. The molecule has 1 aromatic carbocycles. The number of anilines is 1. The van der Waals surface area contributed by atoms with Gasteiger partial charge in [-0.05, 0) is 31.0 Å². The Morgan fingerprint density at radius 2 is 2.24 bits per heavy atom. The van der Waals surface area contributed by atoms with Gasteiger partial charge in [-0.25, -0.2) is 4.39 Å². The summed E-state index contributed by atoms with van der Waals surface area (Å²) in [5.41, 5.74) is 6.51. The number of hydrogen-bond acceptors (Lipinski definition) is 4. The lowest BCUT2D eigenvalue weighted by Gasteiger charge is -2.17. The Bertz CT molecular complexity index is 590. The molecule has 3 N–H and O–H groups in total. The maximum Gasteiger partial charge on any atom is 0.290 e. The van der Waals surface area contributed by atoms with Gasteiger partial charge in [0.25, 0.3) is 5.91 Å². The number of Topliss-reactive ketones (excluding diaryl/α,β-unsaturated/α-hetero) is 1. The number of benzene rings is 1. The van der Waals surface area contributed by atoms with Crippen LogP contribution in [0.5, 0.6) is 0 Å². The van der Waals surface area contributed by atoms with Crippen molar-refractivity contribution in [1.29, 1.82) is 0 Å². The first kappa shape index (κ1) is 14.0. The highest BCUT2D eigenvalue weighted by Crippen LogP contribution is 2.34. The quantitative estimate of drug-likeness (QED) is 0.804. The Morgan fingerprint density at radius 1 is 1.43 bits per heavy atom. The Morgan fingerprint density at radius 3 is 2.95 bits per heavy atom. The van der Waals surface area contributed by atoms with Crippen molar-refractivity contribution in [2.75, 3.05) is 31.5 Å². The van der Waals surface area contributed by atoms with Gasteiger partial charge in [0.2, 0.25) is 5.78 Å². The summed E-state index contributed by atoms with van der Waals surface area (Å²) < 4.78 is 13.9. The zero-order valence-corrected chi connectivity index (χ0v) is 11.6. The molecule has 1 fully saturated rings. The molecule has 112 valence electrons. The first-order valence-corrected chi connectivity index (χ1v) is 7.17. The number of fused-ring (bicyclic) bond motifs is 1. The van der Waals surface area contributed by atoms with Crippen molar-refractivity contribution in [1.82, 2.24) is 4.90 Å². The summed E-state index contributed by atoms with van der Waals surface area (Å²) in [5.74, 6) is -1.97. The van der Waals surface area contributed by atoms with Gasteiger partial charge >= 0.3 is 0 Å². The van der Waals surface area contributed by atoms with Gasteiger partial charge in [0.1, 0.15) is 5.82 Å². The van der Waals surface area contributed by atoms with Crippen molar-refractivity contribution in [3.8, 4) is 0 Å². The molecule has 0 bridgehead atoms. The van der Waals surface area contributed by atoms with Crippen LogP contribution in [0.15, 0.2) is 18.2 Å². The second-order valence-electron chi connectivity index (χ2n) is 5.64.